The summed E-state index contributed by atoms with van der Waals surface area (Å²) in [4.78, 5) is 0. The number of hydrogen-bond donors (Lipinski definition) is 2. The molecule has 85 heavy (non-hydrogen) atoms. The number of benzene rings is 2. The number of unbranched alkanes of at least 4 members (excludes halogenated alkanes) is 52. The van der Waals surface area contributed by atoms with Gasteiger partial charge in [0.15, 0.2) is 0 Å². The van der Waals surface area contributed by atoms with E-state index in [1.807, 2.05) is 0 Å². The minimum atomic E-state index is 0. The molecule has 0 atom stereocenters. The first kappa shape index (κ1) is 84.3. The molecule has 0 saturated heterocycles. The first-order valence-corrected chi connectivity index (χ1v) is 39.2. The standard InChI is InChI=1S/2C39H71NS2.Zn/c2*1-3-5-7-9-11-13-15-17-19-21-23-25-27-29-32-36-33-31-35-38(40-39(41)42)37(36)34-30-28-26-24-22-20-18-16-14-12-10-8-6-4-2;/h2*31,33,35H,3-30,32,34H2,1-2H3,(H2,40,41,42);/q;;+2/p-2. The van der Waals surface area contributed by atoms with Gasteiger partial charge in [0, 0.05) is 11.4 Å². The summed E-state index contributed by atoms with van der Waals surface area (Å²) < 4.78 is 0.928. The fourth-order valence-electron chi connectivity index (χ4n) is 12.8. The van der Waals surface area contributed by atoms with Crippen molar-refractivity contribution in [1.29, 1.82) is 0 Å². The predicted molar refractivity (Wildman–Crippen MR) is 396 cm³/mol. The zero-order valence-corrected chi connectivity index (χ0v) is 63.5. The second kappa shape index (κ2) is 67.7. The average Bonchev–Trinajstić information content (AvgIpc) is 3.68. The molecule has 0 radical (unpaired) electrons. The molecule has 0 aliphatic heterocycles. The Hall–Kier alpha value is -0.717. The third-order valence-electron chi connectivity index (χ3n) is 18.2. The summed E-state index contributed by atoms with van der Waals surface area (Å²) in [6.07, 6.45) is 83.6. The van der Waals surface area contributed by atoms with Crippen molar-refractivity contribution in [2.24, 2.45) is 0 Å². The predicted octanol–water partition coefficient (Wildman–Crippen LogP) is 28.0. The molecule has 7 heteroatoms. The smallest absolute Gasteiger partial charge is 0.411 e. The number of anilines is 2. The molecular formula is C78H140N2S4Zn. The van der Waals surface area contributed by atoms with E-state index in [1.54, 1.807) is 0 Å². The Labute approximate surface area is 567 Å². The Bertz CT molecular complexity index is 1590. The molecule has 2 rings (SSSR count). The van der Waals surface area contributed by atoms with Gasteiger partial charge in [0.05, 0.1) is 0 Å². The van der Waals surface area contributed by atoms with Crippen molar-refractivity contribution < 1.29 is 19.5 Å². The van der Waals surface area contributed by atoms with Crippen molar-refractivity contribution in [2.75, 3.05) is 10.6 Å². The van der Waals surface area contributed by atoms with Gasteiger partial charge in [-0.1, -0.05) is 394 Å². The summed E-state index contributed by atoms with van der Waals surface area (Å²) in [5, 5.41) is 6.62. The Morgan fingerprint density at radius 1 is 0.259 bits per heavy atom. The van der Waals surface area contributed by atoms with Gasteiger partial charge in [0.2, 0.25) is 0 Å². The molecular weight excluding hydrogens is 1160 g/mol. The van der Waals surface area contributed by atoms with E-state index >= 15 is 0 Å². The molecule has 0 aliphatic rings. The largest absolute Gasteiger partial charge is 2.00 e. The van der Waals surface area contributed by atoms with Gasteiger partial charge in [-0.3, -0.25) is 0 Å². The molecule has 0 saturated carbocycles. The van der Waals surface area contributed by atoms with Crippen LogP contribution >= 0.6 is 24.4 Å². The van der Waals surface area contributed by atoms with Crippen LogP contribution in [0.25, 0.3) is 0 Å². The van der Waals surface area contributed by atoms with Crippen molar-refractivity contribution in [3.63, 3.8) is 0 Å². The maximum absolute atomic E-state index is 5.23. The van der Waals surface area contributed by atoms with Crippen LogP contribution < -0.4 is 10.6 Å². The van der Waals surface area contributed by atoms with Gasteiger partial charge in [0.1, 0.15) is 0 Å². The van der Waals surface area contributed by atoms with E-state index in [4.69, 9.17) is 49.7 Å². The molecule has 0 unspecified atom stereocenters. The van der Waals surface area contributed by atoms with Crippen LogP contribution in [-0.4, -0.2) is 8.64 Å². The summed E-state index contributed by atoms with van der Waals surface area (Å²) >= 11 is 20.9. The first-order valence-electron chi connectivity index (χ1n) is 37.5. The Morgan fingerprint density at radius 3 is 0.600 bits per heavy atom. The fraction of sp³-hybridized carbons (Fsp3) is 0.821. The van der Waals surface area contributed by atoms with Crippen LogP contribution in [0.15, 0.2) is 36.4 Å². The van der Waals surface area contributed by atoms with E-state index in [0.29, 0.717) is 8.64 Å². The normalized spacial score (nSPS) is 11.2. The summed E-state index contributed by atoms with van der Waals surface area (Å²) in [7, 11) is 0. The van der Waals surface area contributed by atoms with E-state index in [9.17, 15) is 0 Å². The third-order valence-corrected chi connectivity index (χ3v) is 18.6. The van der Waals surface area contributed by atoms with Crippen molar-refractivity contribution in [3.8, 4) is 0 Å². The van der Waals surface area contributed by atoms with E-state index in [0.717, 1.165) is 24.2 Å². The fourth-order valence-corrected chi connectivity index (χ4v) is 13.2. The van der Waals surface area contributed by atoms with Gasteiger partial charge in [-0.15, -0.1) is 0 Å². The average molecular weight is 1300 g/mol. The Kier molecular flexibility index (Phi) is 67.1. The molecule has 488 valence electrons. The van der Waals surface area contributed by atoms with Crippen LogP contribution in [0.3, 0.4) is 0 Å². The number of thiocarbonyl (C=S) groups is 2. The maximum atomic E-state index is 5.23. The molecule has 0 aliphatic carbocycles. The van der Waals surface area contributed by atoms with Crippen molar-refractivity contribution in [2.45, 2.75) is 413 Å². The Morgan fingerprint density at radius 2 is 0.424 bits per heavy atom. The molecule has 2 N–H and O–H groups in total. The topological polar surface area (TPSA) is 24.1 Å². The maximum Gasteiger partial charge on any atom is 2.00 e. The third kappa shape index (κ3) is 55.8. The molecule has 0 bridgehead atoms. The second-order valence-corrected chi connectivity index (χ2v) is 28.2. The second-order valence-electron chi connectivity index (χ2n) is 26.1. The van der Waals surface area contributed by atoms with Crippen LogP contribution in [0, 0.1) is 0 Å². The van der Waals surface area contributed by atoms with Gasteiger partial charge in [0.25, 0.3) is 0 Å². The molecule has 0 spiro atoms. The van der Waals surface area contributed by atoms with E-state index in [-0.39, 0.29) is 19.5 Å². The zero-order valence-electron chi connectivity index (χ0n) is 57.2. The van der Waals surface area contributed by atoms with Crippen LogP contribution in [0.5, 0.6) is 0 Å². The van der Waals surface area contributed by atoms with Crippen molar-refractivity contribution in [1.82, 2.24) is 0 Å². The molecule has 2 aromatic carbocycles. The molecule has 0 heterocycles. The van der Waals surface area contributed by atoms with Crippen LogP contribution in [0.2, 0.25) is 0 Å². The molecule has 0 fully saturated rings. The molecule has 2 nitrogen and oxygen atoms in total. The minimum Gasteiger partial charge on any atom is -0.411 e. The minimum absolute atomic E-state index is 0. The monoisotopic (exact) mass is 1300 g/mol. The van der Waals surface area contributed by atoms with Gasteiger partial charge < -0.3 is 60.3 Å². The summed E-state index contributed by atoms with van der Waals surface area (Å²) in [6, 6.07) is 13.4. The van der Waals surface area contributed by atoms with E-state index in [2.05, 4.69) is 74.7 Å². The zero-order chi connectivity index (χ0) is 60.7. The van der Waals surface area contributed by atoms with Crippen LogP contribution in [-0.2, 0) is 70.4 Å². The van der Waals surface area contributed by atoms with Crippen LogP contribution in [0.1, 0.15) is 410 Å². The van der Waals surface area contributed by atoms with Gasteiger partial charge in [-0.25, -0.2) is 0 Å². The van der Waals surface area contributed by atoms with Crippen LogP contribution in [0.4, 0.5) is 11.4 Å². The SMILES string of the molecule is CCCCCCCCCCCCCCCCc1cccc(NC(=S)[S-])c1CCCCCCCCCCCCCCCC.CCCCCCCCCCCCCCCCc1cccc(NC(=S)[S-])c1CCCCCCCCCCCCCCCC.[Zn+2]. The first-order chi connectivity index (χ1) is 41.4. The Balaban J connectivity index is 0.00000164. The number of rotatable bonds is 62. The number of hydrogen-bond acceptors (Lipinski definition) is 4. The molecule has 0 aromatic heterocycles. The summed E-state index contributed by atoms with van der Waals surface area (Å²) in [5.74, 6) is 0. The summed E-state index contributed by atoms with van der Waals surface area (Å²) in [6.45, 7) is 9.20. The van der Waals surface area contributed by atoms with Crippen molar-refractivity contribution >= 4 is 69.7 Å². The number of nitrogens with one attached hydrogen (secondary N) is 2. The van der Waals surface area contributed by atoms with Crippen molar-refractivity contribution in [3.05, 3.63) is 58.7 Å². The molecule has 0 amide bonds. The van der Waals surface area contributed by atoms with Gasteiger partial charge >= 0.3 is 19.5 Å². The molecule has 2 aromatic rings. The van der Waals surface area contributed by atoms with E-state index < -0.39 is 0 Å². The summed E-state index contributed by atoms with van der Waals surface area (Å²) in [5.41, 5.74) is 8.29. The van der Waals surface area contributed by atoms with Gasteiger partial charge in [-0.05, 0) is 85.8 Å². The van der Waals surface area contributed by atoms with Gasteiger partial charge in [-0.2, -0.15) is 0 Å². The number of aryl methyl sites for hydroxylation is 2. The van der Waals surface area contributed by atoms with E-state index in [1.165, 1.54) is 395 Å². The quantitative estimate of drug-likeness (QED) is 0.0296.